The minimum Gasteiger partial charge on any atom is -0.476 e. The van der Waals surface area contributed by atoms with Gasteiger partial charge < -0.3 is 15.2 Å². The first-order valence-electron chi connectivity index (χ1n) is 12.2. The second kappa shape index (κ2) is 9.30. The average molecular weight is 492 g/mol. The number of rotatable bonds is 3. The van der Waals surface area contributed by atoms with Gasteiger partial charge in [-0.1, -0.05) is 6.92 Å². The molecule has 0 aliphatic carbocycles. The fraction of sp³-hybridized carbons (Fsp3) is 0.440. The highest BCUT2D eigenvalue weighted by atomic mass is 16.5. The molecular weight excluding hydrogens is 458 g/mol. The van der Waals surface area contributed by atoms with Crippen LogP contribution in [-0.4, -0.2) is 64.6 Å². The summed E-state index contributed by atoms with van der Waals surface area (Å²) in [6.07, 6.45) is 7.67. The molecule has 0 spiro atoms. The Hall–Kier alpha value is -3.86. The van der Waals surface area contributed by atoms with Gasteiger partial charge in [-0.2, -0.15) is 5.10 Å². The molecule has 0 fully saturated rings. The molecule has 5 rings (SSSR count). The van der Waals surface area contributed by atoms with E-state index >= 15 is 0 Å². The van der Waals surface area contributed by atoms with Crippen molar-refractivity contribution in [3.05, 3.63) is 35.0 Å². The van der Waals surface area contributed by atoms with Crippen LogP contribution in [0.2, 0.25) is 0 Å². The number of hydrogen-bond acceptors (Lipinski definition) is 8. The summed E-state index contributed by atoms with van der Waals surface area (Å²) in [6, 6.07) is 0. The molecule has 1 aliphatic rings. The number of likely N-dealkylation sites (N-methyl/N-ethyl adjacent to an activating group) is 1. The van der Waals surface area contributed by atoms with E-state index in [0.717, 1.165) is 41.3 Å². The van der Waals surface area contributed by atoms with Crippen LogP contribution in [0.4, 0.5) is 5.82 Å². The second-order valence-corrected chi connectivity index (χ2v) is 9.09. The molecular formula is C25H33N9O2. The third kappa shape index (κ3) is 4.09. The van der Waals surface area contributed by atoms with Crippen LogP contribution in [0.1, 0.15) is 43.4 Å². The van der Waals surface area contributed by atoms with Gasteiger partial charge in [0.2, 0.25) is 11.8 Å². The average Bonchev–Trinajstić information content (AvgIpc) is 3.45. The zero-order valence-electron chi connectivity index (χ0n) is 21.7. The monoisotopic (exact) mass is 491 g/mol. The summed E-state index contributed by atoms with van der Waals surface area (Å²) in [6.45, 7) is 10.9. The molecule has 0 amide bonds. The van der Waals surface area contributed by atoms with E-state index in [9.17, 15) is 0 Å². The Kier molecular flexibility index (Phi) is 6.17. The fourth-order valence-corrected chi connectivity index (χ4v) is 4.76. The van der Waals surface area contributed by atoms with E-state index in [-0.39, 0.29) is 6.10 Å². The molecule has 4 aromatic heterocycles. The molecule has 1 aliphatic heterocycles. The molecule has 0 aromatic carbocycles. The van der Waals surface area contributed by atoms with Crippen molar-refractivity contribution in [1.82, 2.24) is 38.8 Å². The Labute approximate surface area is 210 Å². The topological polar surface area (TPSA) is 114 Å². The smallest absolute Gasteiger partial charge is 0.240 e. The normalized spacial score (nSPS) is 17.3. The fourth-order valence-electron chi connectivity index (χ4n) is 4.76. The van der Waals surface area contributed by atoms with Crippen LogP contribution in [0.3, 0.4) is 0 Å². The highest BCUT2D eigenvalue weighted by molar-refractivity contribution is 5.77. The van der Waals surface area contributed by atoms with Gasteiger partial charge in [-0.25, -0.2) is 14.6 Å². The minimum absolute atomic E-state index is 0.105. The summed E-state index contributed by atoms with van der Waals surface area (Å²) in [5.74, 6) is 1.61. The van der Waals surface area contributed by atoms with Crippen LogP contribution < -0.4 is 15.2 Å². The number of aryl methyl sites for hydroxylation is 3. The van der Waals surface area contributed by atoms with Crippen LogP contribution >= 0.6 is 0 Å². The predicted octanol–water partition coefficient (Wildman–Crippen LogP) is 2.93. The van der Waals surface area contributed by atoms with Crippen LogP contribution in [0, 0.1) is 6.92 Å². The summed E-state index contributed by atoms with van der Waals surface area (Å²) < 4.78 is 18.0. The number of anilines is 1. The minimum atomic E-state index is -0.105. The van der Waals surface area contributed by atoms with E-state index in [1.807, 2.05) is 55.4 Å². The third-order valence-electron chi connectivity index (χ3n) is 6.50. The summed E-state index contributed by atoms with van der Waals surface area (Å²) in [7, 11) is 3.84. The molecule has 11 heteroatoms. The summed E-state index contributed by atoms with van der Waals surface area (Å²) >= 11 is 0. The van der Waals surface area contributed by atoms with E-state index in [1.165, 1.54) is 0 Å². The summed E-state index contributed by atoms with van der Waals surface area (Å²) in [5.41, 5.74) is 12.1. The first-order valence-corrected chi connectivity index (χ1v) is 12.2. The standard InChI is InChI=1S/C25H33N9O2/c1-7-33-12-15(3)36-25-21(16(4)29-32(25)6)19-13-34-17(11-27-23(34)22(26)28-19)9-10-18-20(14-33)31(5)30-24(18)35-8-2/h9-11,13,15H,7-8,12,14H2,1-6H3,(H2,26,28)/b10-9+/t15-/m0/s1. The van der Waals surface area contributed by atoms with Crippen LogP contribution in [0.5, 0.6) is 11.8 Å². The number of nitrogens with zero attached hydrogens (tertiary/aromatic N) is 8. The molecule has 0 unspecified atom stereocenters. The molecule has 0 radical (unpaired) electrons. The Morgan fingerprint density at radius 1 is 1.17 bits per heavy atom. The number of fused-ring (bicyclic) bond motifs is 4. The molecule has 5 heterocycles. The van der Waals surface area contributed by atoms with Gasteiger partial charge in [-0.3, -0.25) is 14.0 Å². The molecule has 2 bridgehead atoms. The lowest BCUT2D eigenvalue weighted by Gasteiger charge is -2.25. The van der Waals surface area contributed by atoms with E-state index in [0.29, 0.717) is 42.1 Å². The molecule has 0 saturated carbocycles. The summed E-state index contributed by atoms with van der Waals surface area (Å²) in [4.78, 5) is 11.5. The Bertz CT molecular complexity index is 1450. The van der Waals surface area contributed by atoms with Crippen molar-refractivity contribution in [2.24, 2.45) is 14.1 Å². The van der Waals surface area contributed by atoms with E-state index in [4.69, 9.17) is 15.2 Å². The Morgan fingerprint density at radius 3 is 2.72 bits per heavy atom. The maximum Gasteiger partial charge on any atom is 0.240 e. The quantitative estimate of drug-likeness (QED) is 0.465. The van der Waals surface area contributed by atoms with Gasteiger partial charge in [0.1, 0.15) is 6.10 Å². The van der Waals surface area contributed by atoms with Crippen LogP contribution in [-0.2, 0) is 20.6 Å². The largest absolute Gasteiger partial charge is 0.476 e. The van der Waals surface area contributed by atoms with Gasteiger partial charge in [0.05, 0.1) is 46.7 Å². The van der Waals surface area contributed by atoms with Gasteiger partial charge in [0.15, 0.2) is 11.5 Å². The lowest BCUT2D eigenvalue weighted by atomic mass is 10.2. The molecule has 1 atom stereocenters. The van der Waals surface area contributed by atoms with Gasteiger partial charge >= 0.3 is 0 Å². The van der Waals surface area contributed by atoms with Gasteiger partial charge in [-0.15, -0.1) is 5.10 Å². The van der Waals surface area contributed by atoms with Gasteiger partial charge in [0.25, 0.3) is 0 Å². The number of aromatic nitrogens is 7. The predicted molar refractivity (Wildman–Crippen MR) is 139 cm³/mol. The van der Waals surface area contributed by atoms with Crippen molar-refractivity contribution >= 4 is 23.6 Å². The third-order valence-corrected chi connectivity index (χ3v) is 6.50. The number of ether oxygens (including phenoxy) is 2. The maximum absolute atomic E-state index is 6.50. The van der Waals surface area contributed by atoms with Crippen LogP contribution in [0.15, 0.2) is 12.4 Å². The molecule has 2 N–H and O–H groups in total. The molecule has 190 valence electrons. The number of nitrogen functional groups attached to an aromatic ring is 1. The number of nitrogens with two attached hydrogens (primary N) is 1. The molecule has 36 heavy (non-hydrogen) atoms. The lowest BCUT2D eigenvalue weighted by Crippen LogP contribution is -2.34. The van der Waals surface area contributed by atoms with Crippen molar-refractivity contribution in [2.45, 2.75) is 40.3 Å². The zero-order valence-corrected chi connectivity index (χ0v) is 21.7. The first kappa shape index (κ1) is 23.9. The highest BCUT2D eigenvalue weighted by Crippen LogP contribution is 2.34. The van der Waals surface area contributed by atoms with Crippen molar-refractivity contribution in [3.63, 3.8) is 0 Å². The first-order chi connectivity index (χ1) is 17.3. The van der Waals surface area contributed by atoms with E-state index < -0.39 is 0 Å². The highest BCUT2D eigenvalue weighted by Gasteiger charge is 2.24. The van der Waals surface area contributed by atoms with Crippen molar-refractivity contribution in [1.29, 1.82) is 0 Å². The molecule has 0 saturated heterocycles. The van der Waals surface area contributed by atoms with Crippen molar-refractivity contribution in [3.8, 4) is 23.0 Å². The second-order valence-electron chi connectivity index (χ2n) is 9.09. The van der Waals surface area contributed by atoms with Gasteiger partial charge in [0, 0.05) is 33.4 Å². The molecule has 11 nitrogen and oxygen atoms in total. The summed E-state index contributed by atoms with van der Waals surface area (Å²) in [5, 5.41) is 9.28. The zero-order chi connectivity index (χ0) is 25.6. The van der Waals surface area contributed by atoms with E-state index in [2.05, 4.69) is 38.9 Å². The number of hydrogen-bond donors (Lipinski definition) is 1. The van der Waals surface area contributed by atoms with Crippen molar-refractivity contribution in [2.75, 3.05) is 25.4 Å². The van der Waals surface area contributed by atoms with Crippen molar-refractivity contribution < 1.29 is 9.47 Å². The van der Waals surface area contributed by atoms with E-state index in [1.54, 1.807) is 10.9 Å². The Morgan fingerprint density at radius 2 is 1.97 bits per heavy atom. The SMILES string of the molecule is CCOc1nn(C)c2c1/C=C/c1cnc3c(N)nc(cn13)-c1c(C)nn(C)c1O[C@@H](C)CN(CC)C2. The van der Waals surface area contributed by atoms with Gasteiger partial charge in [-0.05, 0) is 39.5 Å². The number of imidazole rings is 1. The lowest BCUT2D eigenvalue weighted by molar-refractivity contribution is 0.134. The van der Waals surface area contributed by atoms with Crippen LogP contribution in [0.25, 0.3) is 29.1 Å². The Balaban J connectivity index is 1.74. The molecule has 4 aromatic rings. The maximum atomic E-state index is 6.50.